The highest BCUT2D eigenvalue weighted by Crippen LogP contribution is 2.19. The zero-order chi connectivity index (χ0) is 14.8. The van der Waals surface area contributed by atoms with Gasteiger partial charge in [0.15, 0.2) is 0 Å². The van der Waals surface area contributed by atoms with Crippen molar-refractivity contribution in [2.24, 2.45) is 5.92 Å². The van der Waals surface area contributed by atoms with Crippen LogP contribution in [-0.2, 0) is 29.2 Å². The molecule has 0 saturated carbocycles. The molecular formula is C16H22ClN3O2. The maximum Gasteiger partial charge on any atom is 0.223 e. The summed E-state index contributed by atoms with van der Waals surface area (Å²) in [4.78, 5) is 25.5. The van der Waals surface area contributed by atoms with E-state index in [-0.39, 0.29) is 30.1 Å². The Kier molecular flexibility index (Phi) is 5.42. The van der Waals surface area contributed by atoms with Gasteiger partial charge in [0, 0.05) is 45.6 Å². The van der Waals surface area contributed by atoms with Gasteiger partial charge in [-0.15, -0.1) is 12.4 Å². The second-order valence-electron chi connectivity index (χ2n) is 5.93. The van der Waals surface area contributed by atoms with Crippen molar-refractivity contribution in [3.63, 3.8) is 0 Å². The van der Waals surface area contributed by atoms with Crippen molar-refractivity contribution in [3.8, 4) is 0 Å². The molecule has 1 fully saturated rings. The lowest BCUT2D eigenvalue weighted by atomic mass is 9.95. The number of hydrogen-bond donors (Lipinski definition) is 2. The van der Waals surface area contributed by atoms with Crippen LogP contribution < -0.4 is 10.6 Å². The molecule has 120 valence electrons. The number of nitrogens with zero attached hydrogens (tertiary/aromatic N) is 1. The van der Waals surface area contributed by atoms with Crippen LogP contribution >= 0.6 is 12.4 Å². The van der Waals surface area contributed by atoms with Crippen LogP contribution in [0.2, 0.25) is 0 Å². The molecule has 22 heavy (non-hydrogen) atoms. The fraction of sp³-hybridized carbons (Fsp3) is 0.500. The van der Waals surface area contributed by atoms with E-state index in [1.807, 2.05) is 0 Å². The van der Waals surface area contributed by atoms with E-state index in [1.165, 1.54) is 11.1 Å². The second kappa shape index (κ2) is 7.11. The molecule has 1 aromatic carbocycles. The average molecular weight is 324 g/mol. The first kappa shape index (κ1) is 16.8. The van der Waals surface area contributed by atoms with Gasteiger partial charge in [-0.2, -0.15) is 0 Å². The molecule has 6 heteroatoms. The van der Waals surface area contributed by atoms with E-state index in [9.17, 15) is 9.59 Å². The van der Waals surface area contributed by atoms with E-state index in [0.717, 1.165) is 25.1 Å². The van der Waals surface area contributed by atoms with E-state index in [1.54, 1.807) is 11.9 Å². The van der Waals surface area contributed by atoms with E-state index in [2.05, 4.69) is 28.8 Å². The van der Waals surface area contributed by atoms with Gasteiger partial charge in [0.1, 0.15) is 0 Å². The summed E-state index contributed by atoms with van der Waals surface area (Å²) in [7, 11) is 1.79. The molecule has 2 aliphatic rings. The summed E-state index contributed by atoms with van der Waals surface area (Å²) in [5.74, 6) is -0.120. The van der Waals surface area contributed by atoms with Crippen LogP contribution in [0.4, 0.5) is 0 Å². The van der Waals surface area contributed by atoms with Gasteiger partial charge in [0.05, 0.1) is 0 Å². The van der Waals surface area contributed by atoms with Crippen LogP contribution in [0.1, 0.15) is 29.5 Å². The van der Waals surface area contributed by atoms with Crippen LogP contribution in [0, 0.1) is 5.92 Å². The lowest BCUT2D eigenvalue weighted by Gasteiger charge is -2.27. The number of likely N-dealkylation sites (tertiary alicyclic amines) is 1. The second-order valence-corrected chi connectivity index (χ2v) is 5.93. The van der Waals surface area contributed by atoms with Crippen LogP contribution in [0.15, 0.2) is 18.2 Å². The number of fused-ring (bicyclic) bond motifs is 1. The number of amides is 2. The minimum Gasteiger partial charge on any atom is -0.352 e. The first-order chi connectivity index (χ1) is 10.1. The van der Waals surface area contributed by atoms with Crippen molar-refractivity contribution in [2.45, 2.75) is 32.5 Å². The molecule has 0 aromatic heterocycles. The Balaban J connectivity index is 0.00000176. The third-order valence-corrected chi connectivity index (χ3v) is 4.40. The third kappa shape index (κ3) is 3.59. The van der Waals surface area contributed by atoms with Gasteiger partial charge in [-0.05, 0) is 23.1 Å². The monoisotopic (exact) mass is 323 g/mol. The number of benzene rings is 1. The molecule has 1 unspecified atom stereocenters. The molecule has 0 radical (unpaired) electrons. The van der Waals surface area contributed by atoms with Crippen LogP contribution in [0.5, 0.6) is 0 Å². The molecule has 2 heterocycles. The van der Waals surface area contributed by atoms with Crippen LogP contribution in [0.25, 0.3) is 0 Å². The summed E-state index contributed by atoms with van der Waals surface area (Å²) >= 11 is 0. The standard InChI is InChI=1S/C16H21N3O2.ClH/c1-19-5-4-12(7-15(19)20)16(21)18-8-11-2-3-13-9-17-10-14(13)6-11;/h2-3,6,12,17H,4-5,7-10H2,1H3,(H,18,21);1H. The van der Waals surface area contributed by atoms with Crippen molar-refractivity contribution in [1.29, 1.82) is 0 Å². The van der Waals surface area contributed by atoms with Gasteiger partial charge < -0.3 is 15.5 Å². The summed E-state index contributed by atoms with van der Waals surface area (Å²) in [6, 6.07) is 6.33. The molecule has 2 aliphatic heterocycles. The van der Waals surface area contributed by atoms with Gasteiger partial charge in [-0.1, -0.05) is 18.2 Å². The lowest BCUT2D eigenvalue weighted by Crippen LogP contribution is -2.41. The first-order valence-corrected chi connectivity index (χ1v) is 7.46. The van der Waals surface area contributed by atoms with Crippen LogP contribution in [0.3, 0.4) is 0 Å². The Morgan fingerprint density at radius 1 is 1.36 bits per heavy atom. The number of piperidine rings is 1. The number of rotatable bonds is 3. The van der Waals surface area contributed by atoms with Gasteiger partial charge in [-0.3, -0.25) is 9.59 Å². The highest BCUT2D eigenvalue weighted by atomic mass is 35.5. The number of carbonyl (C=O) groups is 2. The van der Waals surface area contributed by atoms with Crippen molar-refractivity contribution < 1.29 is 9.59 Å². The highest BCUT2D eigenvalue weighted by molar-refractivity contribution is 5.86. The number of hydrogen-bond acceptors (Lipinski definition) is 3. The van der Waals surface area contributed by atoms with Gasteiger partial charge >= 0.3 is 0 Å². The summed E-state index contributed by atoms with van der Waals surface area (Å²) < 4.78 is 0. The fourth-order valence-corrected chi connectivity index (χ4v) is 2.96. The fourth-order valence-electron chi connectivity index (χ4n) is 2.96. The van der Waals surface area contributed by atoms with E-state index < -0.39 is 0 Å². The highest BCUT2D eigenvalue weighted by Gasteiger charge is 2.28. The third-order valence-electron chi connectivity index (χ3n) is 4.40. The van der Waals surface area contributed by atoms with Crippen molar-refractivity contribution >= 4 is 24.2 Å². The Morgan fingerprint density at radius 2 is 2.14 bits per heavy atom. The SMILES string of the molecule is CN1CCC(C(=O)NCc2ccc3c(c2)CNC3)CC1=O.Cl. The average Bonchev–Trinajstić information content (AvgIpc) is 2.95. The Bertz CT molecular complexity index is 577. The van der Waals surface area contributed by atoms with E-state index >= 15 is 0 Å². The quantitative estimate of drug-likeness (QED) is 0.878. The number of nitrogens with one attached hydrogen (secondary N) is 2. The zero-order valence-corrected chi connectivity index (χ0v) is 13.5. The molecule has 0 aliphatic carbocycles. The lowest BCUT2D eigenvalue weighted by molar-refractivity contribution is -0.139. The smallest absolute Gasteiger partial charge is 0.223 e. The van der Waals surface area contributed by atoms with Crippen LogP contribution in [-0.4, -0.2) is 30.3 Å². The number of carbonyl (C=O) groups excluding carboxylic acids is 2. The topological polar surface area (TPSA) is 61.4 Å². The summed E-state index contributed by atoms with van der Waals surface area (Å²) in [5.41, 5.74) is 3.77. The van der Waals surface area contributed by atoms with Gasteiger partial charge in [0.25, 0.3) is 0 Å². The van der Waals surface area contributed by atoms with Crippen molar-refractivity contribution in [3.05, 3.63) is 34.9 Å². The Labute approximate surface area is 136 Å². The predicted octanol–water partition coefficient (Wildman–Crippen LogP) is 1.20. The molecular weight excluding hydrogens is 302 g/mol. The van der Waals surface area contributed by atoms with Crippen molar-refractivity contribution in [2.75, 3.05) is 13.6 Å². The zero-order valence-electron chi connectivity index (χ0n) is 12.7. The summed E-state index contributed by atoms with van der Waals surface area (Å²) in [5, 5.41) is 6.28. The van der Waals surface area contributed by atoms with E-state index in [0.29, 0.717) is 19.5 Å². The normalized spacial score (nSPS) is 20.3. The molecule has 1 atom stereocenters. The van der Waals surface area contributed by atoms with Crippen molar-refractivity contribution in [1.82, 2.24) is 15.5 Å². The minimum atomic E-state index is -0.176. The Morgan fingerprint density at radius 3 is 2.91 bits per heavy atom. The molecule has 1 saturated heterocycles. The summed E-state index contributed by atoms with van der Waals surface area (Å²) in [6.45, 7) is 3.04. The van der Waals surface area contributed by atoms with Gasteiger partial charge in [-0.25, -0.2) is 0 Å². The molecule has 1 aromatic rings. The summed E-state index contributed by atoms with van der Waals surface area (Å²) in [6.07, 6.45) is 1.08. The molecule has 2 amide bonds. The maximum absolute atomic E-state index is 12.2. The minimum absolute atomic E-state index is 0. The molecule has 5 nitrogen and oxygen atoms in total. The van der Waals surface area contributed by atoms with E-state index in [4.69, 9.17) is 0 Å². The number of halogens is 1. The molecule has 2 N–H and O–H groups in total. The molecule has 0 bridgehead atoms. The first-order valence-electron chi connectivity index (χ1n) is 7.46. The predicted molar refractivity (Wildman–Crippen MR) is 86.4 cm³/mol. The van der Waals surface area contributed by atoms with Gasteiger partial charge in [0.2, 0.25) is 11.8 Å². The molecule has 3 rings (SSSR count). The largest absolute Gasteiger partial charge is 0.352 e. The maximum atomic E-state index is 12.2. The Hall–Kier alpha value is -1.59. The molecule has 0 spiro atoms.